The fourth-order valence-electron chi connectivity index (χ4n) is 0.865. The SMILES string of the molecule is Nc1cc(Cl)c(Cl)cc1N=CC(=O)C(F)(F)F. The van der Waals surface area contributed by atoms with Gasteiger partial charge in [0.2, 0.25) is 0 Å². The molecule has 8 heteroatoms. The number of carbonyl (C=O) groups excluding carboxylic acids is 1. The molecule has 17 heavy (non-hydrogen) atoms. The van der Waals surface area contributed by atoms with E-state index in [0.29, 0.717) is 0 Å². The molecule has 0 fully saturated rings. The van der Waals surface area contributed by atoms with E-state index in [4.69, 9.17) is 28.9 Å². The molecular formula is C9H5Cl2F3N2O. The van der Waals surface area contributed by atoms with Crippen molar-refractivity contribution in [2.75, 3.05) is 5.73 Å². The van der Waals surface area contributed by atoms with Gasteiger partial charge >= 0.3 is 6.18 Å². The van der Waals surface area contributed by atoms with Gasteiger partial charge in [0.15, 0.2) is 0 Å². The lowest BCUT2D eigenvalue weighted by atomic mass is 10.3. The first-order valence-corrected chi connectivity index (χ1v) is 4.87. The second kappa shape index (κ2) is 4.93. The average Bonchev–Trinajstić information content (AvgIpc) is 2.19. The summed E-state index contributed by atoms with van der Waals surface area (Å²) in [4.78, 5) is 13.8. The number of aliphatic imine (C=N–C) groups is 1. The third-order valence-electron chi connectivity index (χ3n) is 1.67. The third-order valence-corrected chi connectivity index (χ3v) is 2.39. The molecule has 0 heterocycles. The molecule has 0 aliphatic heterocycles. The molecule has 0 atom stereocenters. The zero-order valence-corrected chi connectivity index (χ0v) is 9.57. The second-order valence-electron chi connectivity index (χ2n) is 2.95. The zero-order valence-electron chi connectivity index (χ0n) is 8.05. The fraction of sp³-hybridized carbons (Fsp3) is 0.111. The number of anilines is 1. The van der Waals surface area contributed by atoms with Crippen molar-refractivity contribution < 1.29 is 18.0 Å². The molecule has 0 bridgehead atoms. The summed E-state index contributed by atoms with van der Waals surface area (Å²) < 4.78 is 35.6. The zero-order chi connectivity index (χ0) is 13.2. The van der Waals surface area contributed by atoms with Gasteiger partial charge in [-0.3, -0.25) is 9.79 Å². The van der Waals surface area contributed by atoms with Gasteiger partial charge in [0.25, 0.3) is 5.78 Å². The minimum absolute atomic E-state index is 0.0191. The van der Waals surface area contributed by atoms with Crippen LogP contribution in [0.3, 0.4) is 0 Å². The van der Waals surface area contributed by atoms with Gasteiger partial charge in [0.1, 0.15) is 0 Å². The van der Waals surface area contributed by atoms with Gasteiger partial charge in [0, 0.05) is 0 Å². The molecule has 0 amide bonds. The van der Waals surface area contributed by atoms with E-state index in [1.807, 2.05) is 0 Å². The number of nitrogens with zero attached hydrogens (tertiary/aromatic N) is 1. The normalized spacial score (nSPS) is 12.1. The topological polar surface area (TPSA) is 55.4 Å². The average molecular weight is 285 g/mol. The van der Waals surface area contributed by atoms with Gasteiger partial charge in [0.05, 0.1) is 27.6 Å². The van der Waals surface area contributed by atoms with Crippen molar-refractivity contribution in [3.63, 3.8) is 0 Å². The van der Waals surface area contributed by atoms with Crippen LogP contribution in [0.25, 0.3) is 0 Å². The number of hydrogen-bond acceptors (Lipinski definition) is 3. The van der Waals surface area contributed by atoms with Gasteiger partial charge in [-0.05, 0) is 12.1 Å². The molecule has 1 aromatic rings. The van der Waals surface area contributed by atoms with Crippen molar-refractivity contribution in [2.24, 2.45) is 4.99 Å². The number of nitrogen functional groups attached to an aromatic ring is 1. The number of benzene rings is 1. The van der Waals surface area contributed by atoms with Crippen LogP contribution in [0, 0.1) is 0 Å². The fourth-order valence-corrected chi connectivity index (χ4v) is 1.19. The van der Waals surface area contributed by atoms with Crippen LogP contribution < -0.4 is 5.73 Å². The maximum Gasteiger partial charge on any atom is 0.455 e. The van der Waals surface area contributed by atoms with Crippen molar-refractivity contribution >= 4 is 46.6 Å². The van der Waals surface area contributed by atoms with E-state index in [1.165, 1.54) is 12.1 Å². The van der Waals surface area contributed by atoms with Gasteiger partial charge in [-0.2, -0.15) is 13.2 Å². The summed E-state index contributed by atoms with van der Waals surface area (Å²) in [5.41, 5.74) is 5.40. The Bertz CT molecular complexity index is 486. The van der Waals surface area contributed by atoms with Crippen molar-refractivity contribution in [1.29, 1.82) is 0 Å². The predicted molar refractivity (Wildman–Crippen MR) is 60.1 cm³/mol. The highest BCUT2D eigenvalue weighted by Gasteiger charge is 2.36. The Morgan fingerprint density at radius 2 is 1.82 bits per heavy atom. The molecule has 2 N–H and O–H groups in total. The molecule has 3 nitrogen and oxygen atoms in total. The van der Waals surface area contributed by atoms with Gasteiger partial charge < -0.3 is 5.73 Å². The lowest BCUT2D eigenvalue weighted by Crippen LogP contribution is -2.23. The van der Waals surface area contributed by atoms with Crippen LogP contribution in [0.5, 0.6) is 0 Å². The molecule has 1 aromatic carbocycles. The van der Waals surface area contributed by atoms with Crippen molar-refractivity contribution in [1.82, 2.24) is 0 Å². The first kappa shape index (κ1) is 13.8. The quantitative estimate of drug-likeness (QED) is 0.668. The predicted octanol–water partition coefficient (Wildman–Crippen LogP) is 3.41. The molecule has 0 aromatic heterocycles. The first-order chi connectivity index (χ1) is 7.71. The Labute approximate surface area is 104 Å². The number of carbonyl (C=O) groups is 1. The number of ketones is 1. The number of rotatable bonds is 2. The third kappa shape index (κ3) is 3.61. The number of halogens is 5. The Balaban J connectivity index is 3.01. The molecule has 0 saturated heterocycles. The molecular weight excluding hydrogens is 280 g/mol. The van der Waals surface area contributed by atoms with E-state index in [1.54, 1.807) is 0 Å². The van der Waals surface area contributed by atoms with E-state index < -0.39 is 12.0 Å². The number of alkyl halides is 3. The standard InChI is InChI=1S/C9H5Cl2F3N2O/c10-4-1-6(15)7(2-5(4)11)16-3-8(17)9(12,13)14/h1-3H,15H2. The summed E-state index contributed by atoms with van der Waals surface area (Å²) in [6, 6.07) is 2.40. The maximum absolute atomic E-state index is 11.9. The van der Waals surface area contributed by atoms with Crippen LogP contribution >= 0.6 is 23.2 Å². The van der Waals surface area contributed by atoms with Crippen LogP contribution in [0.4, 0.5) is 24.5 Å². The minimum Gasteiger partial charge on any atom is -0.397 e. The van der Waals surface area contributed by atoms with E-state index in [-0.39, 0.29) is 27.6 Å². The maximum atomic E-state index is 11.9. The second-order valence-corrected chi connectivity index (χ2v) is 3.76. The van der Waals surface area contributed by atoms with E-state index in [0.717, 1.165) is 0 Å². The summed E-state index contributed by atoms with van der Waals surface area (Å²) in [5, 5.41) is 0.220. The molecule has 0 spiro atoms. The Kier molecular flexibility index (Phi) is 4.00. The molecule has 0 saturated carbocycles. The lowest BCUT2D eigenvalue weighted by molar-refractivity contribution is -0.162. The Hall–Kier alpha value is -1.27. The summed E-state index contributed by atoms with van der Waals surface area (Å²) in [7, 11) is 0. The summed E-state index contributed by atoms with van der Waals surface area (Å²) >= 11 is 11.2. The number of hydrogen-bond donors (Lipinski definition) is 1. The van der Waals surface area contributed by atoms with Crippen molar-refractivity contribution in [2.45, 2.75) is 6.18 Å². The van der Waals surface area contributed by atoms with E-state index in [9.17, 15) is 18.0 Å². The van der Waals surface area contributed by atoms with Crippen LogP contribution in [-0.4, -0.2) is 18.2 Å². The van der Waals surface area contributed by atoms with Crippen LogP contribution in [0.1, 0.15) is 0 Å². The highest BCUT2D eigenvalue weighted by molar-refractivity contribution is 6.42. The number of Topliss-reactive ketones (excluding diaryl/α,β-unsaturated/α-hetero) is 1. The van der Waals surface area contributed by atoms with Gasteiger partial charge in [-0.1, -0.05) is 23.2 Å². The highest BCUT2D eigenvalue weighted by Crippen LogP contribution is 2.32. The summed E-state index contributed by atoms with van der Waals surface area (Å²) in [6.45, 7) is 0. The molecule has 0 aliphatic rings. The lowest BCUT2D eigenvalue weighted by Gasteiger charge is -2.03. The van der Waals surface area contributed by atoms with Gasteiger partial charge in [-0.15, -0.1) is 0 Å². The summed E-state index contributed by atoms with van der Waals surface area (Å²) in [6.07, 6.45) is -4.83. The Morgan fingerprint density at radius 1 is 1.29 bits per heavy atom. The van der Waals surface area contributed by atoms with E-state index in [2.05, 4.69) is 4.99 Å². The van der Waals surface area contributed by atoms with Crippen molar-refractivity contribution in [3.05, 3.63) is 22.2 Å². The van der Waals surface area contributed by atoms with Gasteiger partial charge in [-0.25, -0.2) is 0 Å². The minimum atomic E-state index is -4.96. The molecule has 92 valence electrons. The Morgan fingerprint density at radius 3 is 2.35 bits per heavy atom. The molecule has 1 rings (SSSR count). The molecule has 0 unspecified atom stereocenters. The van der Waals surface area contributed by atoms with Crippen LogP contribution in [0.15, 0.2) is 17.1 Å². The summed E-state index contributed by atoms with van der Waals surface area (Å²) in [5.74, 6) is -2.08. The monoisotopic (exact) mass is 284 g/mol. The molecule has 0 radical (unpaired) electrons. The van der Waals surface area contributed by atoms with Crippen molar-refractivity contribution in [3.8, 4) is 0 Å². The highest BCUT2D eigenvalue weighted by atomic mass is 35.5. The van der Waals surface area contributed by atoms with Crippen LogP contribution in [0.2, 0.25) is 10.0 Å². The smallest absolute Gasteiger partial charge is 0.397 e. The first-order valence-electron chi connectivity index (χ1n) is 4.11. The largest absolute Gasteiger partial charge is 0.455 e. The van der Waals surface area contributed by atoms with Crippen LogP contribution in [-0.2, 0) is 4.79 Å². The number of nitrogens with two attached hydrogens (primary N) is 1. The molecule has 0 aliphatic carbocycles. The van der Waals surface area contributed by atoms with E-state index >= 15 is 0 Å².